The van der Waals surface area contributed by atoms with Crippen molar-refractivity contribution in [2.24, 2.45) is 0 Å². The molecule has 0 aliphatic heterocycles. The lowest BCUT2D eigenvalue weighted by atomic mass is 10.3. The lowest BCUT2D eigenvalue weighted by Gasteiger charge is -2.21. The van der Waals surface area contributed by atoms with E-state index >= 15 is 0 Å². The predicted octanol–water partition coefficient (Wildman–Crippen LogP) is 2.28. The third-order valence-corrected chi connectivity index (χ3v) is 3.42. The first-order valence-corrected chi connectivity index (χ1v) is 6.57. The highest BCUT2D eigenvalue weighted by molar-refractivity contribution is 5.30. The predicted molar refractivity (Wildman–Crippen MR) is 71.5 cm³/mol. The van der Waals surface area contributed by atoms with Gasteiger partial charge in [0.15, 0.2) is 0 Å². The fourth-order valence-corrected chi connectivity index (χ4v) is 1.88. The van der Waals surface area contributed by atoms with Gasteiger partial charge in [0.25, 0.3) is 0 Å². The highest BCUT2D eigenvalue weighted by Gasteiger charge is 2.26. The van der Waals surface area contributed by atoms with Crippen LogP contribution in [0.5, 0.6) is 0 Å². The SMILES string of the molecule is Cc1cn(C2CC2)c(NCCN(C)C(C)C)n1. The minimum Gasteiger partial charge on any atom is -0.354 e. The Morgan fingerprint density at radius 2 is 2.24 bits per heavy atom. The van der Waals surface area contributed by atoms with Crippen molar-refractivity contribution in [1.82, 2.24) is 14.5 Å². The van der Waals surface area contributed by atoms with E-state index in [1.165, 1.54) is 12.8 Å². The minimum absolute atomic E-state index is 0.599. The van der Waals surface area contributed by atoms with E-state index in [9.17, 15) is 0 Å². The summed E-state index contributed by atoms with van der Waals surface area (Å²) < 4.78 is 2.30. The number of hydrogen-bond acceptors (Lipinski definition) is 3. The summed E-state index contributed by atoms with van der Waals surface area (Å²) in [7, 11) is 2.16. The fourth-order valence-electron chi connectivity index (χ4n) is 1.88. The van der Waals surface area contributed by atoms with Gasteiger partial charge in [-0.25, -0.2) is 4.98 Å². The average molecular weight is 236 g/mol. The van der Waals surface area contributed by atoms with E-state index in [2.05, 4.69) is 53.8 Å². The van der Waals surface area contributed by atoms with Crippen LogP contribution >= 0.6 is 0 Å². The molecule has 1 N–H and O–H groups in total. The standard InChI is InChI=1S/C13H24N4/c1-10(2)16(4)8-7-14-13-15-11(3)9-17(13)12-5-6-12/h9-10,12H,5-8H2,1-4H3,(H,14,15). The van der Waals surface area contributed by atoms with Gasteiger partial charge in [0.05, 0.1) is 5.69 Å². The number of anilines is 1. The molecule has 1 aromatic heterocycles. The van der Waals surface area contributed by atoms with E-state index in [0.717, 1.165) is 24.7 Å². The molecule has 0 atom stereocenters. The van der Waals surface area contributed by atoms with Crippen molar-refractivity contribution in [2.75, 3.05) is 25.5 Å². The van der Waals surface area contributed by atoms with Crippen LogP contribution in [0.15, 0.2) is 6.20 Å². The summed E-state index contributed by atoms with van der Waals surface area (Å²) in [5.74, 6) is 1.04. The van der Waals surface area contributed by atoms with Gasteiger partial charge in [-0.2, -0.15) is 0 Å². The van der Waals surface area contributed by atoms with Crippen LogP contribution in [0.4, 0.5) is 5.95 Å². The molecule has 4 nitrogen and oxygen atoms in total. The van der Waals surface area contributed by atoms with Crippen LogP contribution in [0.3, 0.4) is 0 Å². The first-order valence-electron chi connectivity index (χ1n) is 6.57. The molecule has 1 aliphatic carbocycles. The number of nitrogens with zero attached hydrogens (tertiary/aromatic N) is 3. The van der Waals surface area contributed by atoms with Crippen molar-refractivity contribution in [2.45, 2.75) is 45.7 Å². The molecule has 1 heterocycles. The summed E-state index contributed by atoms with van der Waals surface area (Å²) in [6.45, 7) is 8.50. The van der Waals surface area contributed by atoms with E-state index < -0.39 is 0 Å². The van der Waals surface area contributed by atoms with Crippen LogP contribution in [0.25, 0.3) is 0 Å². The lowest BCUT2D eigenvalue weighted by Crippen LogP contribution is -2.31. The van der Waals surface area contributed by atoms with Gasteiger partial charge in [-0.15, -0.1) is 0 Å². The summed E-state index contributed by atoms with van der Waals surface area (Å²) in [4.78, 5) is 6.88. The van der Waals surface area contributed by atoms with Crippen LogP contribution in [0.2, 0.25) is 0 Å². The molecule has 1 aromatic rings. The summed E-state index contributed by atoms with van der Waals surface area (Å²) in [6, 6.07) is 1.29. The molecule has 1 fully saturated rings. The first-order chi connectivity index (χ1) is 8.08. The highest BCUT2D eigenvalue weighted by atomic mass is 15.2. The second kappa shape index (κ2) is 5.08. The Kier molecular flexibility index (Phi) is 3.72. The van der Waals surface area contributed by atoms with Crippen molar-refractivity contribution >= 4 is 5.95 Å². The maximum absolute atomic E-state index is 4.55. The van der Waals surface area contributed by atoms with E-state index in [0.29, 0.717) is 12.1 Å². The first kappa shape index (κ1) is 12.4. The lowest BCUT2D eigenvalue weighted by molar-refractivity contribution is 0.284. The molecule has 96 valence electrons. The van der Waals surface area contributed by atoms with Crippen molar-refractivity contribution in [3.63, 3.8) is 0 Å². The van der Waals surface area contributed by atoms with Gasteiger partial charge in [0.1, 0.15) is 0 Å². The number of imidazole rings is 1. The number of rotatable bonds is 6. The summed E-state index contributed by atoms with van der Waals surface area (Å²) in [6.07, 6.45) is 4.76. The molecule has 2 rings (SSSR count). The normalized spacial score (nSPS) is 15.9. The Morgan fingerprint density at radius 3 is 2.82 bits per heavy atom. The Bertz CT molecular complexity index is 365. The number of nitrogens with one attached hydrogen (secondary N) is 1. The third kappa shape index (κ3) is 3.22. The number of aromatic nitrogens is 2. The third-order valence-electron chi connectivity index (χ3n) is 3.42. The van der Waals surface area contributed by atoms with Gasteiger partial charge in [0, 0.05) is 31.4 Å². The molecule has 0 bridgehead atoms. The minimum atomic E-state index is 0.599. The number of likely N-dealkylation sites (N-methyl/N-ethyl adjacent to an activating group) is 1. The average Bonchev–Trinajstić information content (AvgIpc) is 3.03. The van der Waals surface area contributed by atoms with E-state index in [4.69, 9.17) is 0 Å². The molecule has 0 spiro atoms. The van der Waals surface area contributed by atoms with E-state index in [1.54, 1.807) is 0 Å². The second-order valence-electron chi connectivity index (χ2n) is 5.35. The molecular weight excluding hydrogens is 212 g/mol. The van der Waals surface area contributed by atoms with Gasteiger partial charge in [0.2, 0.25) is 5.95 Å². The summed E-state index contributed by atoms with van der Waals surface area (Å²) in [5.41, 5.74) is 1.11. The molecular formula is C13H24N4. The quantitative estimate of drug-likeness (QED) is 0.822. The Morgan fingerprint density at radius 1 is 1.53 bits per heavy atom. The zero-order valence-corrected chi connectivity index (χ0v) is 11.4. The smallest absolute Gasteiger partial charge is 0.203 e. The van der Waals surface area contributed by atoms with Gasteiger partial charge in [-0.3, -0.25) is 0 Å². The molecule has 17 heavy (non-hydrogen) atoms. The molecule has 0 radical (unpaired) electrons. The van der Waals surface area contributed by atoms with E-state index in [-0.39, 0.29) is 0 Å². The van der Waals surface area contributed by atoms with Crippen LogP contribution in [-0.2, 0) is 0 Å². The zero-order chi connectivity index (χ0) is 12.4. The zero-order valence-electron chi connectivity index (χ0n) is 11.4. The van der Waals surface area contributed by atoms with Crippen molar-refractivity contribution in [3.05, 3.63) is 11.9 Å². The summed E-state index contributed by atoms with van der Waals surface area (Å²) in [5, 5.41) is 3.45. The van der Waals surface area contributed by atoms with Crippen molar-refractivity contribution in [1.29, 1.82) is 0 Å². The maximum Gasteiger partial charge on any atom is 0.203 e. The Hall–Kier alpha value is -1.03. The monoisotopic (exact) mass is 236 g/mol. The van der Waals surface area contributed by atoms with Crippen molar-refractivity contribution in [3.8, 4) is 0 Å². The molecule has 0 amide bonds. The van der Waals surface area contributed by atoms with Gasteiger partial charge in [-0.1, -0.05) is 0 Å². The summed E-state index contributed by atoms with van der Waals surface area (Å²) >= 11 is 0. The molecule has 0 saturated heterocycles. The van der Waals surface area contributed by atoms with Crippen LogP contribution in [-0.4, -0.2) is 40.6 Å². The largest absolute Gasteiger partial charge is 0.354 e. The highest BCUT2D eigenvalue weighted by Crippen LogP contribution is 2.37. The molecule has 0 unspecified atom stereocenters. The maximum atomic E-state index is 4.55. The van der Waals surface area contributed by atoms with Crippen LogP contribution in [0, 0.1) is 6.92 Å². The van der Waals surface area contributed by atoms with Crippen molar-refractivity contribution < 1.29 is 0 Å². The molecule has 1 aliphatic rings. The topological polar surface area (TPSA) is 33.1 Å². The number of hydrogen-bond donors (Lipinski definition) is 1. The molecule has 4 heteroatoms. The fraction of sp³-hybridized carbons (Fsp3) is 0.769. The second-order valence-corrected chi connectivity index (χ2v) is 5.35. The van der Waals surface area contributed by atoms with Gasteiger partial charge < -0.3 is 14.8 Å². The van der Waals surface area contributed by atoms with Gasteiger partial charge >= 0.3 is 0 Å². The van der Waals surface area contributed by atoms with Crippen LogP contribution in [0.1, 0.15) is 38.4 Å². The molecule has 0 aromatic carbocycles. The number of aryl methyl sites for hydroxylation is 1. The Labute approximate surface area is 104 Å². The van der Waals surface area contributed by atoms with Gasteiger partial charge in [-0.05, 0) is 40.7 Å². The van der Waals surface area contributed by atoms with E-state index in [1.807, 2.05) is 0 Å². The van der Waals surface area contributed by atoms with Crippen LogP contribution < -0.4 is 5.32 Å². The Balaban J connectivity index is 1.86. The molecule has 1 saturated carbocycles.